The number of nitrogens with two attached hydrogens (primary N) is 1. The van der Waals surface area contributed by atoms with E-state index in [-0.39, 0.29) is 5.82 Å². The second-order valence-electron chi connectivity index (χ2n) is 2.61. The SMILES string of the molecule is CCOC(=O)c1c(C)ccnc1N. The molecule has 0 aromatic carbocycles. The molecule has 4 heteroatoms. The first-order valence-electron chi connectivity index (χ1n) is 4.05. The minimum Gasteiger partial charge on any atom is -0.462 e. The number of hydrogen-bond donors (Lipinski definition) is 1. The molecular weight excluding hydrogens is 168 g/mol. The van der Waals surface area contributed by atoms with Gasteiger partial charge in [-0.1, -0.05) is 0 Å². The van der Waals surface area contributed by atoms with E-state index in [1.54, 1.807) is 26.1 Å². The van der Waals surface area contributed by atoms with Crippen molar-refractivity contribution in [2.45, 2.75) is 13.8 Å². The highest BCUT2D eigenvalue weighted by Gasteiger charge is 2.13. The Bertz CT molecular complexity index is 303. The van der Waals surface area contributed by atoms with E-state index in [1.165, 1.54) is 0 Å². The second kappa shape index (κ2) is 3.89. The molecule has 0 saturated carbocycles. The fourth-order valence-corrected chi connectivity index (χ4v) is 1.05. The number of anilines is 1. The van der Waals surface area contributed by atoms with E-state index in [1.807, 2.05) is 0 Å². The zero-order valence-electron chi connectivity index (χ0n) is 7.70. The summed E-state index contributed by atoms with van der Waals surface area (Å²) < 4.78 is 4.83. The van der Waals surface area contributed by atoms with E-state index in [0.717, 1.165) is 5.56 Å². The fraction of sp³-hybridized carbons (Fsp3) is 0.333. The van der Waals surface area contributed by atoms with Crippen LogP contribution in [0.25, 0.3) is 0 Å². The first-order chi connectivity index (χ1) is 6.16. The van der Waals surface area contributed by atoms with Crippen LogP contribution >= 0.6 is 0 Å². The van der Waals surface area contributed by atoms with Crippen LogP contribution in [0.1, 0.15) is 22.8 Å². The van der Waals surface area contributed by atoms with Gasteiger partial charge in [0.05, 0.1) is 6.61 Å². The number of carbonyl (C=O) groups is 1. The zero-order valence-corrected chi connectivity index (χ0v) is 7.70. The van der Waals surface area contributed by atoms with E-state index < -0.39 is 5.97 Å². The number of nitrogens with zero attached hydrogens (tertiary/aromatic N) is 1. The molecule has 0 atom stereocenters. The largest absolute Gasteiger partial charge is 0.462 e. The maximum absolute atomic E-state index is 11.3. The number of pyridine rings is 1. The number of esters is 1. The van der Waals surface area contributed by atoms with Crippen molar-refractivity contribution in [2.75, 3.05) is 12.3 Å². The first-order valence-corrected chi connectivity index (χ1v) is 4.05. The molecule has 1 heterocycles. The lowest BCUT2D eigenvalue weighted by Crippen LogP contribution is -2.11. The van der Waals surface area contributed by atoms with Crippen LogP contribution in [0.4, 0.5) is 5.82 Å². The van der Waals surface area contributed by atoms with Gasteiger partial charge in [-0.15, -0.1) is 0 Å². The monoisotopic (exact) mass is 180 g/mol. The van der Waals surface area contributed by atoms with Gasteiger partial charge in [-0.2, -0.15) is 0 Å². The van der Waals surface area contributed by atoms with Gasteiger partial charge in [-0.3, -0.25) is 0 Å². The molecule has 0 amide bonds. The van der Waals surface area contributed by atoms with Crippen LogP contribution in [0.5, 0.6) is 0 Å². The van der Waals surface area contributed by atoms with Crippen molar-refractivity contribution in [1.29, 1.82) is 0 Å². The number of nitrogen functional groups attached to an aromatic ring is 1. The third-order valence-corrected chi connectivity index (χ3v) is 1.67. The third-order valence-electron chi connectivity index (χ3n) is 1.67. The minimum atomic E-state index is -0.411. The van der Waals surface area contributed by atoms with Crippen molar-refractivity contribution < 1.29 is 9.53 Å². The molecule has 70 valence electrons. The van der Waals surface area contributed by atoms with Gasteiger partial charge in [0.2, 0.25) is 0 Å². The van der Waals surface area contributed by atoms with Gasteiger partial charge in [0, 0.05) is 6.20 Å². The number of aryl methyl sites for hydroxylation is 1. The normalized spacial score (nSPS) is 9.69. The highest BCUT2D eigenvalue weighted by molar-refractivity contribution is 5.95. The molecule has 1 rings (SSSR count). The van der Waals surface area contributed by atoms with Crippen molar-refractivity contribution >= 4 is 11.8 Å². The molecule has 0 fully saturated rings. The fourth-order valence-electron chi connectivity index (χ4n) is 1.05. The highest BCUT2D eigenvalue weighted by atomic mass is 16.5. The van der Waals surface area contributed by atoms with E-state index >= 15 is 0 Å². The van der Waals surface area contributed by atoms with Crippen LogP contribution in [0.3, 0.4) is 0 Å². The Morgan fingerprint density at radius 3 is 2.92 bits per heavy atom. The summed E-state index contributed by atoms with van der Waals surface area (Å²) in [6.45, 7) is 3.89. The standard InChI is InChI=1S/C9H12N2O2/c1-3-13-9(12)7-6(2)4-5-11-8(7)10/h4-5H,3H2,1-2H3,(H2,10,11). The van der Waals surface area contributed by atoms with Crippen LogP contribution < -0.4 is 5.73 Å². The van der Waals surface area contributed by atoms with Crippen molar-refractivity contribution in [3.8, 4) is 0 Å². The average Bonchev–Trinajstić information content (AvgIpc) is 2.04. The number of rotatable bonds is 2. The van der Waals surface area contributed by atoms with Crippen LogP contribution in [0.15, 0.2) is 12.3 Å². The van der Waals surface area contributed by atoms with Crippen molar-refractivity contribution in [2.24, 2.45) is 0 Å². The molecule has 1 aromatic heterocycles. The lowest BCUT2D eigenvalue weighted by molar-refractivity contribution is 0.0526. The van der Waals surface area contributed by atoms with Crippen molar-refractivity contribution in [3.05, 3.63) is 23.4 Å². The molecule has 1 aromatic rings. The maximum Gasteiger partial charge on any atom is 0.342 e. The van der Waals surface area contributed by atoms with Gasteiger partial charge < -0.3 is 10.5 Å². The molecule has 13 heavy (non-hydrogen) atoms. The molecule has 0 aliphatic rings. The maximum atomic E-state index is 11.3. The zero-order chi connectivity index (χ0) is 9.84. The Morgan fingerprint density at radius 1 is 1.69 bits per heavy atom. The first kappa shape index (κ1) is 9.51. The number of ether oxygens (including phenoxy) is 1. The van der Waals surface area contributed by atoms with Crippen LogP contribution in [0, 0.1) is 6.92 Å². The summed E-state index contributed by atoms with van der Waals surface area (Å²) in [4.78, 5) is 15.2. The lowest BCUT2D eigenvalue weighted by Gasteiger charge is -2.06. The molecule has 0 unspecified atom stereocenters. The van der Waals surface area contributed by atoms with Crippen molar-refractivity contribution in [3.63, 3.8) is 0 Å². The molecule has 0 aliphatic carbocycles. The summed E-state index contributed by atoms with van der Waals surface area (Å²) in [5, 5.41) is 0. The predicted octanol–water partition coefficient (Wildman–Crippen LogP) is 1.15. The number of hydrogen-bond acceptors (Lipinski definition) is 4. The van der Waals surface area contributed by atoms with Gasteiger partial charge in [-0.05, 0) is 25.5 Å². The molecule has 0 spiro atoms. The van der Waals surface area contributed by atoms with Crippen LogP contribution in [0.2, 0.25) is 0 Å². The Balaban J connectivity index is 3.05. The van der Waals surface area contributed by atoms with Crippen molar-refractivity contribution in [1.82, 2.24) is 4.98 Å². The van der Waals surface area contributed by atoms with Gasteiger partial charge in [0.15, 0.2) is 0 Å². The smallest absolute Gasteiger partial charge is 0.342 e. The molecule has 0 aliphatic heterocycles. The van der Waals surface area contributed by atoms with E-state index in [0.29, 0.717) is 12.2 Å². The van der Waals surface area contributed by atoms with E-state index in [9.17, 15) is 4.79 Å². The summed E-state index contributed by atoms with van der Waals surface area (Å²) in [7, 11) is 0. The summed E-state index contributed by atoms with van der Waals surface area (Å²) in [5.41, 5.74) is 6.69. The van der Waals surface area contributed by atoms with E-state index in [4.69, 9.17) is 10.5 Å². The Morgan fingerprint density at radius 2 is 2.38 bits per heavy atom. The quantitative estimate of drug-likeness (QED) is 0.693. The minimum absolute atomic E-state index is 0.221. The third kappa shape index (κ3) is 1.96. The van der Waals surface area contributed by atoms with Crippen LogP contribution in [-0.4, -0.2) is 17.6 Å². The van der Waals surface area contributed by atoms with Gasteiger partial charge in [0.1, 0.15) is 11.4 Å². The Kier molecular flexibility index (Phi) is 2.84. The topological polar surface area (TPSA) is 65.2 Å². The van der Waals surface area contributed by atoms with Gasteiger partial charge in [-0.25, -0.2) is 9.78 Å². The summed E-state index contributed by atoms with van der Waals surface area (Å²) in [6.07, 6.45) is 1.56. The summed E-state index contributed by atoms with van der Waals surface area (Å²) >= 11 is 0. The summed E-state index contributed by atoms with van der Waals surface area (Å²) in [5.74, 6) is -0.191. The molecule has 2 N–H and O–H groups in total. The molecular formula is C9H12N2O2. The molecule has 0 bridgehead atoms. The average molecular weight is 180 g/mol. The Labute approximate surface area is 76.7 Å². The van der Waals surface area contributed by atoms with Gasteiger partial charge >= 0.3 is 5.97 Å². The van der Waals surface area contributed by atoms with E-state index in [2.05, 4.69) is 4.98 Å². The van der Waals surface area contributed by atoms with Gasteiger partial charge in [0.25, 0.3) is 0 Å². The lowest BCUT2D eigenvalue weighted by atomic mass is 10.1. The highest BCUT2D eigenvalue weighted by Crippen LogP contribution is 2.14. The summed E-state index contributed by atoms with van der Waals surface area (Å²) in [6, 6.07) is 1.72. The molecule has 4 nitrogen and oxygen atoms in total. The Hall–Kier alpha value is -1.58. The van der Waals surface area contributed by atoms with Crippen LogP contribution in [-0.2, 0) is 4.74 Å². The number of aromatic nitrogens is 1. The predicted molar refractivity (Wildman–Crippen MR) is 49.3 cm³/mol. The second-order valence-corrected chi connectivity index (χ2v) is 2.61. The molecule has 0 saturated heterocycles. The molecule has 0 radical (unpaired) electrons. The number of carbonyl (C=O) groups excluding carboxylic acids is 1.